The average Bonchev–Trinajstić information content (AvgIpc) is 2.76. The van der Waals surface area contributed by atoms with Crippen molar-refractivity contribution in [3.05, 3.63) is 114 Å². The van der Waals surface area contributed by atoms with Crippen molar-refractivity contribution in [2.75, 3.05) is 5.32 Å². The smallest absolute Gasteiger partial charge is 0.254 e. The molecule has 0 unspecified atom stereocenters. The fourth-order valence-corrected chi connectivity index (χ4v) is 2.87. The van der Waals surface area contributed by atoms with Gasteiger partial charge in [-0.2, -0.15) is 0 Å². The van der Waals surface area contributed by atoms with E-state index in [9.17, 15) is 9.90 Å². The molecule has 3 aromatic rings. The highest BCUT2D eigenvalue weighted by Crippen LogP contribution is 2.17. The highest BCUT2D eigenvalue weighted by Gasteiger charge is 2.08. The number of carbonyl (C=O) groups is 1. The van der Waals surface area contributed by atoms with Crippen LogP contribution in [-0.2, 0) is 11.2 Å². The largest absolute Gasteiger partial charge is 0.877 e. The molecule has 144 valence electrons. The quantitative estimate of drug-likeness (QED) is 0.283. The third-order valence-corrected chi connectivity index (χ3v) is 4.31. The summed E-state index contributed by atoms with van der Waals surface area (Å²) in [7, 11) is 0. The molecule has 1 heterocycles. The van der Waals surface area contributed by atoms with Gasteiger partial charge in [-0.05, 0) is 53.5 Å². The Morgan fingerprint density at radius 3 is 2.41 bits per heavy atom. The number of nitrogens with zero attached hydrogens (tertiary/aromatic N) is 1. The van der Waals surface area contributed by atoms with E-state index < -0.39 is 5.91 Å². The van der Waals surface area contributed by atoms with Crippen molar-refractivity contribution in [1.82, 2.24) is 4.98 Å². The van der Waals surface area contributed by atoms with E-state index in [-0.39, 0.29) is 5.57 Å². The fraction of sp³-hybridized carbons (Fsp3) is 0.0417. The van der Waals surface area contributed by atoms with Gasteiger partial charge >= 0.3 is 0 Å². The van der Waals surface area contributed by atoms with Crippen LogP contribution in [0.15, 0.2) is 97.0 Å². The van der Waals surface area contributed by atoms with Crippen LogP contribution in [0.25, 0.3) is 5.57 Å². The minimum atomic E-state index is -0.523. The van der Waals surface area contributed by atoms with Crippen LogP contribution in [0.4, 0.5) is 5.69 Å². The summed E-state index contributed by atoms with van der Waals surface area (Å²) in [6, 6.07) is 21.0. The second kappa shape index (κ2) is 9.80. The number of anilines is 1. The number of pyridine rings is 1. The number of nitrogens with one attached hydrogen (secondary N) is 2. The number of aromatic nitrogens is 1. The van der Waals surface area contributed by atoms with Crippen LogP contribution in [0, 0.1) is 5.41 Å². The number of benzene rings is 2. The molecular formula is C24H20N3O2-. The lowest BCUT2D eigenvalue weighted by atomic mass is 10.0. The first-order valence-corrected chi connectivity index (χ1v) is 9.08. The first kappa shape index (κ1) is 19.8. The molecule has 0 radical (unpaired) electrons. The van der Waals surface area contributed by atoms with Crippen molar-refractivity contribution in [3.8, 4) is 0 Å². The zero-order valence-corrected chi connectivity index (χ0v) is 15.7. The molecule has 29 heavy (non-hydrogen) atoms. The standard InChI is InChI=1S/C24H21N3O2/c25-16-21(20-9-11-26-12-10-20)15-22(17-28)24(29)27-23-8-4-7-19(14-23)13-18-5-2-1-3-6-18/h1-12,14-17,25,28H,13H2,(H,27,29)/p-1. The Bertz CT molecular complexity index is 1040. The average molecular weight is 382 g/mol. The van der Waals surface area contributed by atoms with Crippen LogP contribution >= 0.6 is 0 Å². The van der Waals surface area contributed by atoms with Crippen molar-refractivity contribution in [3.63, 3.8) is 0 Å². The molecule has 5 nitrogen and oxygen atoms in total. The molecule has 0 aliphatic carbocycles. The summed E-state index contributed by atoms with van der Waals surface area (Å²) in [5.74, 6) is -0.523. The number of allylic oxidation sites excluding steroid dienone is 1. The van der Waals surface area contributed by atoms with Crippen LogP contribution in [0.5, 0.6) is 0 Å². The molecule has 2 aromatic carbocycles. The normalized spacial score (nSPS) is 11.7. The lowest BCUT2D eigenvalue weighted by molar-refractivity contribution is -0.275. The Balaban J connectivity index is 1.75. The highest BCUT2D eigenvalue weighted by molar-refractivity contribution is 6.14. The van der Waals surface area contributed by atoms with E-state index in [1.807, 2.05) is 48.5 Å². The number of hydrogen-bond donors (Lipinski definition) is 2. The van der Waals surface area contributed by atoms with Gasteiger partial charge in [-0.15, -0.1) is 6.26 Å². The zero-order chi connectivity index (χ0) is 20.5. The lowest BCUT2D eigenvalue weighted by Crippen LogP contribution is -2.15. The molecule has 0 aliphatic rings. The van der Waals surface area contributed by atoms with E-state index in [2.05, 4.69) is 10.3 Å². The molecule has 2 N–H and O–H groups in total. The summed E-state index contributed by atoms with van der Waals surface area (Å²) in [4.78, 5) is 16.5. The maximum absolute atomic E-state index is 12.6. The second-order valence-corrected chi connectivity index (χ2v) is 6.37. The van der Waals surface area contributed by atoms with Gasteiger partial charge in [0.25, 0.3) is 5.91 Å². The number of amides is 1. The van der Waals surface area contributed by atoms with E-state index >= 15 is 0 Å². The molecule has 0 saturated carbocycles. The second-order valence-electron chi connectivity index (χ2n) is 6.37. The molecular weight excluding hydrogens is 362 g/mol. The van der Waals surface area contributed by atoms with Gasteiger partial charge in [0.15, 0.2) is 0 Å². The molecule has 0 spiro atoms. The Labute approximate surface area is 169 Å². The summed E-state index contributed by atoms with van der Waals surface area (Å²) >= 11 is 0. The summed E-state index contributed by atoms with van der Waals surface area (Å²) < 4.78 is 0. The number of hydrogen-bond acceptors (Lipinski definition) is 4. The van der Waals surface area contributed by atoms with E-state index in [1.165, 1.54) is 11.6 Å². The van der Waals surface area contributed by atoms with E-state index in [0.29, 0.717) is 23.1 Å². The SMILES string of the molecule is N=CC(=CC(=C[O-])C(=O)Nc1cccc(Cc2ccccc2)c1)c1ccncc1. The number of carbonyl (C=O) groups excluding carboxylic acids is 1. The maximum Gasteiger partial charge on any atom is 0.254 e. The van der Waals surface area contributed by atoms with Gasteiger partial charge in [-0.1, -0.05) is 42.5 Å². The van der Waals surface area contributed by atoms with Gasteiger partial charge in [0, 0.05) is 35.4 Å². The van der Waals surface area contributed by atoms with Crippen LogP contribution in [-0.4, -0.2) is 17.1 Å². The van der Waals surface area contributed by atoms with Crippen molar-refractivity contribution >= 4 is 23.4 Å². The Morgan fingerprint density at radius 2 is 1.72 bits per heavy atom. The monoisotopic (exact) mass is 382 g/mol. The third kappa shape index (κ3) is 5.49. The van der Waals surface area contributed by atoms with Crippen LogP contribution in [0.2, 0.25) is 0 Å². The van der Waals surface area contributed by atoms with Crippen LogP contribution in [0.3, 0.4) is 0 Å². The molecule has 0 atom stereocenters. The Kier molecular flexibility index (Phi) is 6.68. The summed E-state index contributed by atoms with van der Waals surface area (Å²) in [5.41, 5.74) is 3.92. The topological polar surface area (TPSA) is 88.9 Å². The summed E-state index contributed by atoms with van der Waals surface area (Å²) in [6.07, 6.45) is 6.92. The molecule has 0 fully saturated rings. The molecule has 0 saturated heterocycles. The van der Waals surface area contributed by atoms with Gasteiger partial charge in [0.05, 0.1) is 0 Å². The molecule has 5 heteroatoms. The van der Waals surface area contributed by atoms with Gasteiger partial charge in [0.2, 0.25) is 0 Å². The van der Waals surface area contributed by atoms with Crippen molar-refractivity contribution in [2.24, 2.45) is 0 Å². The number of rotatable bonds is 7. The third-order valence-electron chi connectivity index (χ3n) is 4.31. The predicted octanol–water partition coefficient (Wildman–Crippen LogP) is 3.59. The summed E-state index contributed by atoms with van der Waals surface area (Å²) in [6.45, 7) is 0. The highest BCUT2D eigenvalue weighted by atomic mass is 16.2. The summed E-state index contributed by atoms with van der Waals surface area (Å²) in [5, 5.41) is 21.8. The molecule has 3 rings (SSSR count). The first-order valence-electron chi connectivity index (χ1n) is 9.08. The van der Waals surface area contributed by atoms with E-state index in [4.69, 9.17) is 5.41 Å². The minimum absolute atomic E-state index is 0.0613. The van der Waals surface area contributed by atoms with Gasteiger partial charge < -0.3 is 15.8 Å². The van der Waals surface area contributed by atoms with E-state index in [1.54, 1.807) is 30.6 Å². The fourth-order valence-electron chi connectivity index (χ4n) is 2.87. The molecule has 0 aliphatic heterocycles. The van der Waals surface area contributed by atoms with Gasteiger partial charge in [-0.25, -0.2) is 0 Å². The Morgan fingerprint density at radius 1 is 1.00 bits per heavy atom. The zero-order valence-electron chi connectivity index (χ0n) is 15.7. The van der Waals surface area contributed by atoms with E-state index in [0.717, 1.165) is 18.2 Å². The first-order chi connectivity index (χ1) is 14.2. The van der Waals surface area contributed by atoms with Crippen molar-refractivity contribution < 1.29 is 9.90 Å². The van der Waals surface area contributed by atoms with Crippen molar-refractivity contribution in [2.45, 2.75) is 6.42 Å². The molecule has 1 amide bonds. The molecule has 0 bridgehead atoms. The molecule has 1 aromatic heterocycles. The van der Waals surface area contributed by atoms with Gasteiger partial charge in [0.1, 0.15) is 0 Å². The van der Waals surface area contributed by atoms with Gasteiger partial charge in [-0.3, -0.25) is 9.78 Å². The van der Waals surface area contributed by atoms with Crippen molar-refractivity contribution in [1.29, 1.82) is 5.41 Å². The van der Waals surface area contributed by atoms with Crippen LogP contribution in [0.1, 0.15) is 16.7 Å². The minimum Gasteiger partial charge on any atom is -0.877 e. The maximum atomic E-state index is 12.6. The Hall–Kier alpha value is -3.99. The van der Waals surface area contributed by atoms with Crippen LogP contribution < -0.4 is 10.4 Å². The predicted molar refractivity (Wildman–Crippen MR) is 113 cm³/mol. The lowest BCUT2D eigenvalue weighted by Gasteiger charge is -2.11.